The van der Waals surface area contributed by atoms with Crippen molar-refractivity contribution >= 4 is 5.78 Å². The monoisotopic (exact) mass is 165 g/mol. The topological polar surface area (TPSA) is 32.9 Å². The molecular formula is C10H15NO. The van der Waals surface area contributed by atoms with Gasteiger partial charge in [0.1, 0.15) is 0 Å². The summed E-state index contributed by atoms with van der Waals surface area (Å²) in [6.45, 7) is 4.01. The van der Waals surface area contributed by atoms with Crippen molar-refractivity contribution in [3.63, 3.8) is 0 Å². The highest BCUT2D eigenvalue weighted by Gasteiger charge is 2.08. The third kappa shape index (κ3) is 1.76. The third-order valence-electron chi connectivity index (χ3n) is 1.97. The van der Waals surface area contributed by atoms with Gasteiger partial charge in [-0.2, -0.15) is 0 Å². The van der Waals surface area contributed by atoms with Crippen LogP contribution >= 0.6 is 0 Å². The van der Waals surface area contributed by atoms with Crippen LogP contribution in [-0.2, 0) is 6.42 Å². The Kier molecular flexibility index (Phi) is 3.09. The van der Waals surface area contributed by atoms with E-state index in [1.165, 1.54) is 0 Å². The molecule has 0 saturated heterocycles. The summed E-state index contributed by atoms with van der Waals surface area (Å²) in [7, 11) is 0. The molecule has 0 aliphatic carbocycles. The number of carbonyl (C=O) groups is 1. The summed E-state index contributed by atoms with van der Waals surface area (Å²) < 4.78 is 0. The molecule has 1 heterocycles. The van der Waals surface area contributed by atoms with Crippen LogP contribution in [0.2, 0.25) is 0 Å². The first kappa shape index (κ1) is 9.04. The maximum atomic E-state index is 11.4. The molecule has 2 nitrogen and oxygen atoms in total. The second-order valence-electron chi connectivity index (χ2n) is 2.92. The van der Waals surface area contributed by atoms with Crippen LogP contribution in [0, 0.1) is 0 Å². The van der Waals surface area contributed by atoms with Gasteiger partial charge in [-0.15, -0.1) is 0 Å². The summed E-state index contributed by atoms with van der Waals surface area (Å²) >= 11 is 0. The Balaban J connectivity index is 2.83. The first-order valence-corrected chi connectivity index (χ1v) is 4.48. The number of hydrogen-bond donors (Lipinski definition) is 1. The molecule has 0 aliphatic rings. The average molecular weight is 165 g/mol. The number of hydrogen-bond acceptors (Lipinski definition) is 1. The van der Waals surface area contributed by atoms with Gasteiger partial charge >= 0.3 is 0 Å². The van der Waals surface area contributed by atoms with Gasteiger partial charge in [0.25, 0.3) is 0 Å². The van der Waals surface area contributed by atoms with E-state index in [0.29, 0.717) is 6.42 Å². The van der Waals surface area contributed by atoms with Gasteiger partial charge in [-0.3, -0.25) is 4.79 Å². The molecule has 0 amide bonds. The van der Waals surface area contributed by atoms with Crippen molar-refractivity contribution in [2.24, 2.45) is 0 Å². The molecule has 0 radical (unpaired) electrons. The maximum Gasteiger partial charge on any atom is 0.164 e. The minimum Gasteiger partial charge on any atom is -0.367 e. The number of aromatic amines is 1. The Morgan fingerprint density at radius 2 is 2.17 bits per heavy atom. The zero-order valence-electron chi connectivity index (χ0n) is 7.68. The summed E-state index contributed by atoms with van der Waals surface area (Å²) in [5.74, 6) is 0.236. The van der Waals surface area contributed by atoms with Gasteiger partial charge in [0.2, 0.25) is 0 Å². The number of ketones is 1. The fourth-order valence-corrected chi connectivity index (χ4v) is 1.32. The van der Waals surface area contributed by atoms with Crippen LogP contribution in [0.3, 0.4) is 0 Å². The number of aromatic nitrogens is 1. The van der Waals surface area contributed by atoms with E-state index in [-0.39, 0.29) is 5.78 Å². The zero-order chi connectivity index (χ0) is 8.97. The molecule has 0 fully saturated rings. The minimum absolute atomic E-state index is 0.236. The van der Waals surface area contributed by atoms with E-state index >= 15 is 0 Å². The van der Waals surface area contributed by atoms with Crippen molar-refractivity contribution in [3.8, 4) is 0 Å². The molecule has 0 atom stereocenters. The second kappa shape index (κ2) is 4.10. The number of carbonyl (C=O) groups excluding carboxylic acids is 1. The Bertz CT molecular complexity index is 263. The quantitative estimate of drug-likeness (QED) is 0.683. The summed E-state index contributed by atoms with van der Waals surface area (Å²) in [4.78, 5) is 14.3. The fraction of sp³-hybridized carbons (Fsp3) is 0.500. The molecule has 1 aromatic rings. The summed E-state index contributed by atoms with van der Waals surface area (Å²) in [6, 6.07) is 0. The van der Waals surface area contributed by atoms with Crippen LogP contribution in [0.15, 0.2) is 12.4 Å². The van der Waals surface area contributed by atoms with E-state index in [1.54, 1.807) is 6.20 Å². The van der Waals surface area contributed by atoms with E-state index in [2.05, 4.69) is 11.9 Å². The Morgan fingerprint density at radius 3 is 2.75 bits per heavy atom. The standard InChI is InChI=1S/C10H15NO/c1-3-5-8-6-11-7-9(8)10(12)4-2/h6-7,11H,3-5H2,1-2H3. The molecular weight excluding hydrogens is 150 g/mol. The first-order valence-electron chi connectivity index (χ1n) is 4.48. The second-order valence-corrected chi connectivity index (χ2v) is 2.92. The van der Waals surface area contributed by atoms with Crippen molar-refractivity contribution in [2.75, 3.05) is 0 Å². The number of aryl methyl sites for hydroxylation is 1. The highest BCUT2D eigenvalue weighted by molar-refractivity contribution is 5.97. The molecule has 1 aromatic heterocycles. The number of rotatable bonds is 4. The van der Waals surface area contributed by atoms with E-state index < -0.39 is 0 Å². The number of H-pyrrole nitrogens is 1. The molecule has 0 aliphatic heterocycles. The fourth-order valence-electron chi connectivity index (χ4n) is 1.32. The molecule has 1 N–H and O–H groups in total. The van der Waals surface area contributed by atoms with Gasteiger partial charge in [-0.25, -0.2) is 0 Å². The van der Waals surface area contributed by atoms with Gasteiger partial charge in [-0.05, 0) is 12.0 Å². The number of nitrogens with one attached hydrogen (secondary N) is 1. The number of Topliss-reactive ketones (excluding diaryl/α,β-unsaturated/α-hetero) is 1. The van der Waals surface area contributed by atoms with Crippen molar-refractivity contribution in [2.45, 2.75) is 33.1 Å². The Morgan fingerprint density at radius 1 is 1.42 bits per heavy atom. The lowest BCUT2D eigenvalue weighted by Crippen LogP contribution is -1.98. The van der Waals surface area contributed by atoms with E-state index in [4.69, 9.17) is 0 Å². The average Bonchev–Trinajstić information content (AvgIpc) is 2.52. The van der Waals surface area contributed by atoms with E-state index in [9.17, 15) is 4.79 Å². The van der Waals surface area contributed by atoms with Crippen molar-refractivity contribution < 1.29 is 4.79 Å². The SMILES string of the molecule is CCCc1c[nH]cc1C(=O)CC. The van der Waals surface area contributed by atoms with Gasteiger partial charge < -0.3 is 4.98 Å². The lowest BCUT2D eigenvalue weighted by Gasteiger charge is -1.98. The minimum atomic E-state index is 0.236. The third-order valence-corrected chi connectivity index (χ3v) is 1.97. The molecule has 0 saturated carbocycles. The first-order chi connectivity index (χ1) is 5.79. The maximum absolute atomic E-state index is 11.4. The van der Waals surface area contributed by atoms with Crippen LogP contribution in [0.4, 0.5) is 0 Å². The Labute approximate surface area is 73.0 Å². The van der Waals surface area contributed by atoms with Crippen molar-refractivity contribution in [1.82, 2.24) is 4.98 Å². The smallest absolute Gasteiger partial charge is 0.164 e. The summed E-state index contributed by atoms with van der Waals surface area (Å²) in [6.07, 6.45) is 6.39. The predicted molar refractivity (Wildman–Crippen MR) is 49.4 cm³/mol. The highest BCUT2D eigenvalue weighted by Crippen LogP contribution is 2.12. The van der Waals surface area contributed by atoms with Crippen LogP contribution in [0.25, 0.3) is 0 Å². The largest absolute Gasteiger partial charge is 0.367 e. The van der Waals surface area contributed by atoms with Gasteiger partial charge in [0.05, 0.1) is 0 Å². The molecule has 0 aromatic carbocycles. The van der Waals surface area contributed by atoms with Gasteiger partial charge in [-0.1, -0.05) is 20.3 Å². The highest BCUT2D eigenvalue weighted by atomic mass is 16.1. The summed E-state index contributed by atoms with van der Waals surface area (Å²) in [5.41, 5.74) is 2.03. The van der Waals surface area contributed by atoms with Crippen LogP contribution in [0.1, 0.15) is 42.6 Å². The molecule has 66 valence electrons. The van der Waals surface area contributed by atoms with E-state index in [0.717, 1.165) is 24.0 Å². The van der Waals surface area contributed by atoms with Gasteiger partial charge in [0, 0.05) is 24.4 Å². The van der Waals surface area contributed by atoms with Crippen LogP contribution in [0.5, 0.6) is 0 Å². The summed E-state index contributed by atoms with van der Waals surface area (Å²) in [5, 5.41) is 0. The van der Waals surface area contributed by atoms with E-state index in [1.807, 2.05) is 13.1 Å². The van der Waals surface area contributed by atoms with Gasteiger partial charge in [0.15, 0.2) is 5.78 Å². The molecule has 2 heteroatoms. The Hall–Kier alpha value is -1.05. The lowest BCUT2D eigenvalue weighted by atomic mass is 10.0. The molecule has 1 rings (SSSR count). The van der Waals surface area contributed by atoms with Crippen LogP contribution < -0.4 is 0 Å². The molecule has 0 unspecified atom stereocenters. The zero-order valence-corrected chi connectivity index (χ0v) is 7.68. The molecule has 0 bridgehead atoms. The van der Waals surface area contributed by atoms with Crippen LogP contribution in [-0.4, -0.2) is 10.8 Å². The van der Waals surface area contributed by atoms with Crippen molar-refractivity contribution in [3.05, 3.63) is 23.5 Å². The normalized spacial score (nSPS) is 10.2. The molecule has 12 heavy (non-hydrogen) atoms. The van der Waals surface area contributed by atoms with Crippen molar-refractivity contribution in [1.29, 1.82) is 0 Å². The lowest BCUT2D eigenvalue weighted by molar-refractivity contribution is 0.0987. The predicted octanol–water partition coefficient (Wildman–Crippen LogP) is 2.56. The molecule has 0 spiro atoms.